The molecule has 0 saturated carbocycles. The molecule has 1 fully saturated rings. The summed E-state index contributed by atoms with van der Waals surface area (Å²) in [6.45, 7) is 3.04. The van der Waals surface area contributed by atoms with E-state index in [1.54, 1.807) is 24.4 Å². The van der Waals surface area contributed by atoms with Crippen LogP contribution in [0, 0.1) is 23.0 Å². The summed E-state index contributed by atoms with van der Waals surface area (Å²) < 4.78 is 0. The second-order valence-corrected chi connectivity index (χ2v) is 7.57. The first-order chi connectivity index (χ1) is 15.0. The summed E-state index contributed by atoms with van der Waals surface area (Å²) in [5.74, 6) is 0.527. The molecule has 4 rings (SSSR count). The number of hydrogen-bond donors (Lipinski definition) is 1. The highest BCUT2D eigenvalue weighted by Crippen LogP contribution is 2.31. The molecule has 0 radical (unpaired) electrons. The van der Waals surface area contributed by atoms with Crippen molar-refractivity contribution in [2.45, 2.75) is 19.8 Å². The van der Waals surface area contributed by atoms with E-state index in [0.717, 1.165) is 16.9 Å². The van der Waals surface area contributed by atoms with Gasteiger partial charge in [-0.1, -0.05) is 24.3 Å². The lowest BCUT2D eigenvalue weighted by atomic mass is 9.95. The molecule has 3 aromatic rings. The number of anilines is 2. The van der Waals surface area contributed by atoms with Crippen LogP contribution in [-0.2, 0) is 4.79 Å². The summed E-state index contributed by atoms with van der Waals surface area (Å²) in [5, 5.41) is 14.3. The molecule has 1 aliphatic heterocycles. The summed E-state index contributed by atoms with van der Waals surface area (Å²) in [6, 6.07) is 16.2. The minimum Gasteiger partial charge on any atom is -0.366 e. The molecule has 8 nitrogen and oxygen atoms in total. The Morgan fingerprint density at radius 3 is 2.65 bits per heavy atom. The van der Waals surface area contributed by atoms with Gasteiger partial charge in [-0.3, -0.25) is 14.9 Å². The Bertz CT molecular complexity index is 1110. The lowest BCUT2D eigenvalue weighted by Crippen LogP contribution is -2.38. The van der Waals surface area contributed by atoms with Crippen LogP contribution in [-0.4, -0.2) is 33.9 Å². The van der Waals surface area contributed by atoms with Crippen LogP contribution < -0.4 is 10.2 Å². The highest BCUT2D eigenvalue weighted by molar-refractivity contribution is 5.93. The van der Waals surface area contributed by atoms with Gasteiger partial charge in [-0.25, -0.2) is 9.97 Å². The van der Waals surface area contributed by atoms with E-state index in [-0.39, 0.29) is 22.4 Å². The smallest absolute Gasteiger partial charge is 0.292 e. The number of nitrogens with one attached hydrogen (secondary N) is 1. The highest BCUT2D eigenvalue weighted by Gasteiger charge is 2.28. The standard InChI is InChI=1S/C23H23N5O3/c1-16-24-12-9-20(25-16)18-5-4-6-19(15-18)26-23(29)17-10-13-27(14-11-17)21-7-2-3-8-22(21)28(30)31/h2-9,12,15,17H,10-11,13-14H2,1H3,(H,26,29). The maximum atomic E-state index is 12.8. The van der Waals surface area contributed by atoms with E-state index in [9.17, 15) is 14.9 Å². The van der Waals surface area contributed by atoms with Crippen LogP contribution in [0.3, 0.4) is 0 Å². The zero-order chi connectivity index (χ0) is 21.8. The van der Waals surface area contributed by atoms with E-state index in [1.165, 1.54) is 6.07 Å². The van der Waals surface area contributed by atoms with Crippen molar-refractivity contribution >= 4 is 23.0 Å². The van der Waals surface area contributed by atoms with E-state index >= 15 is 0 Å². The molecule has 0 spiro atoms. The molecule has 0 atom stereocenters. The molecule has 0 aliphatic carbocycles. The van der Waals surface area contributed by atoms with Crippen molar-refractivity contribution in [2.75, 3.05) is 23.3 Å². The Morgan fingerprint density at radius 1 is 1.13 bits per heavy atom. The number of carbonyl (C=O) groups excluding carboxylic acids is 1. The van der Waals surface area contributed by atoms with Crippen molar-refractivity contribution in [3.8, 4) is 11.3 Å². The topological polar surface area (TPSA) is 101 Å². The van der Waals surface area contributed by atoms with Crippen LogP contribution in [0.15, 0.2) is 60.8 Å². The van der Waals surface area contributed by atoms with Gasteiger partial charge in [0.15, 0.2) is 0 Å². The van der Waals surface area contributed by atoms with Gasteiger partial charge in [0.1, 0.15) is 11.5 Å². The van der Waals surface area contributed by atoms with Gasteiger partial charge in [0, 0.05) is 42.5 Å². The van der Waals surface area contributed by atoms with Gasteiger partial charge in [-0.15, -0.1) is 0 Å². The second kappa shape index (κ2) is 8.91. The fourth-order valence-electron chi connectivity index (χ4n) is 3.89. The zero-order valence-corrected chi connectivity index (χ0v) is 17.2. The number of benzene rings is 2. The van der Waals surface area contributed by atoms with Gasteiger partial charge in [-0.2, -0.15) is 0 Å². The summed E-state index contributed by atoms with van der Waals surface area (Å²) in [6.07, 6.45) is 3.00. The average Bonchev–Trinajstić information content (AvgIpc) is 2.79. The number of aryl methyl sites for hydroxylation is 1. The monoisotopic (exact) mass is 417 g/mol. The Labute approximate surface area is 180 Å². The third-order valence-electron chi connectivity index (χ3n) is 5.49. The molecule has 0 bridgehead atoms. The van der Waals surface area contributed by atoms with Crippen LogP contribution in [0.5, 0.6) is 0 Å². The molecule has 2 heterocycles. The number of hydrogen-bond acceptors (Lipinski definition) is 6. The largest absolute Gasteiger partial charge is 0.366 e. The predicted octanol–water partition coefficient (Wildman–Crippen LogP) is 4.22. The Morgan fingerprint density at radius 2 is 1.90 bits per heavy atom. The van der Waals surface area contributed by atoms with Gasteiger partial charge in [0.2, 0.25) is 5.91 Å². The predicted molar refractivity (Wildman–Crippen MR) is 119 cm³/mol. The van der Waals surface area contributed by atoms with E-state index < -0.39 is 0 Å². The van der Waals surface area contributed by atoms with E-state index in [4.69, 9.17) is 0 Å². The molecular formula is C23H23N5O3. The number of rotatable bonds is 5. The van der Waals surface area contributed by atoms with E-state index in [0.29, 0.717) is 37.4 Å². The van der Waals surface area contributed by atoms with Gasteiger partial charge in [0.25, 0.3) is 5.69 Å². The van der Waals surface area contributed by atoms with E-state index in [2.05, 4.69) is 15.3 Å². The van der Waals surface area contributed by atoms with Crippen molar-refractivity contribution < 1.29 is 9.72 Å². The van der Waals surface area contributed by atoms with Crippen LogP contribution in [0.25, 0.3) is 11.3 Å². The molecule has 1 aromatic heterocycles. The van der Waals surface area contributed by atoms with Crippen molar-refractivity contribution in [1.82, 2.24) is 9.97 Å². The number of piperidine rings is 1. The quantitative estimate of drug-likeness (QED) is 0.493. The second-order valence-electron chi connectivity index (χ2n) is 7.57. The molecule has 0 unspecified atom stereocenters. The molecule has 31 heavy (non-hydrogen) atoms. The Hall–Kier alpha value is -3.81. The number of carbonyl (C=O) groups is 1. The van der Waals surface area contributed by atoms with Crippen LogP contribution in [0.4, 0.5) is 17.1 Å². The van der Waals surface area contributed by atoms with Crippen LogP contribution >= 0.6 is 0 Å². The molecule has 1 saturated heterocycles. The third kappa shape index (κ3) is 4.69. The molecule has 1 aliphatic rings. The van der Waals surface area contributed by atoms with Crippen molar-refractivity contribution in [1.29, 1.82) is 0 Å². The van der Waals surface area contributed by atoms with Gasteiger partial charge in [-0.05, 0) is 44.0 Å². The zero-order valence-electron chi connectivity index (χ0n) is 17.2. The molecule has 8 heteroatoms. The van der Waals surface area contributed by atoms with Crippen LogP contribution in [0.1, 0.15) is 18.7 Å². The van der Waals surface area contributed by atoms with Gasteiger partial charge >= 0.3 is 0 Å². The maximum absolute atomic E-state index is 12.8. The van der Waals surface area contributed by atoms with Crippen molar-refractivity contribution in [3.63, 3.8) is 0 Å². The number of nitro groups is 1. The minimum absolute atomic E-state index is 0.0294. The first-order valence-electron chi connectivity index (χ1n) is 10.2. The number of nitrogens with zero attached hydrogens (tertiary/aromatic N) is 4. The summed E-state index contributed by atoms with van der Waals surface area (Å²) in [4.78, 5) is 34.3. The number of aromatic nitrogens is 2. The summed E-state index contributed by atoms with van der Waals surface area (Å²) in [7, 11) is 0. The summed E-state index contributed by atoms with van der Waals surface area (Å²) in [5.41, 5.74) is 3.15. The van der Waals surface area contributed by atoms with Crippen LogP contribution in [0.2, 0.25) is 0 Å². The van der Waals surface area contributed by atoms with Gasteiger partial charge < -0.3 is 10.2 Å². The van der Waals surface area contributed by atoms with Crippen molar-refractivity contribution in [3.05, 3.63) is 76.7 Å². The number of amides is 1. The Balaban J connectivity index is 1.40. The summed E-state index contributed by atoms with van der Waals surface area (Å²) >= 11 is 0. The minimum atomic E-state index is -0.361. The molecular weight excluding hydrogens is 394 g/mol. The Kier molecular flexibility index (Phi) is 5.88. The maximum Gasteiger partial charge on any atom is 0.292 e. The SMILES string of the molecule is Cc1nccc(-c2cccc(NC(=O)C3CCN(c4ccccc4[N+](=O)[O-])CC3)c2)n1. The average molecular weight is 417 g/mol. The first-order valence-corrected chi connectivity index (χ1v) is 10.2. The first kappa shape index (κ1) is 20.5. The molecule has 1 amide bonds. The number of nitro benzene ring substituents is 1. The normalized spacial score (nSPS) is 14.3. The third-order valence-corrected chi connectivity index (χ3v) is 5.49. The molecule has 2 aromatic carbocycles. The molecule has 158 valence electrons. The number of para-hydroxylation sites is 2. The molecule has 1 N–H and O–H groups in total. The lowest BCUT2D eigenvalue weighted by molar-refractivity contribution is -0.384. The lowest BCUT2D eigenvalue weighted by Gasteiger charge is -2.32. The highest BCUT2D eigenvalue weighted by atomic mass is 16.6. The van der Waals surface area contributed by atoms with Crippen molar-refractivity contribution in [2.24, 2.45) is 5.92 Å². The van der Waals surface area contributed by atoms with Gasteiger partial charge in [0.05, 0.1) is 10.6 Å². The fraction of sp³-hybridized carbons (Fsp3) is 0.261. The van der Waals surface area contributed by atoms with E-state index in [1.807, 2.05) is 42.2 Å². The fourth-order valence-corrected chi connectivity index (χ4v) is 3.89.